The van der Waals surface area contributed by atoms with Gasteiger partial charge in [-0.05, 0) is 36.5 Å². The second-order valence-electron chi connectivity index (χ2n) is 6.40. The Labute approximate surface area is 138 Å². The number of nitrogens with one attached hydrogen (secondary N) is 1. The maximum absolute atomic E-state index is 12.2. The fourth-order valence-electron chi connectivity index (χ4n) is 2.68. The highest BCUT2D eigenvalue weighted by atomic mass is 32.1. The Morgan fingerprint density at radius 2 is 2.22 bits per heavy atom. The van der Waals surface area contributed by atoms with Crippen LogP contribution in [0.15, 0.2) is 29.4 Å². The molecular formula is C16H18N4O2S. The van der Waals surface area contributed by atoms with Crippen molar-refractivity contribution in [1.82, 2.24) is 10.4 Å². The molecule has 0 saturated carbocycles. The van der Waals surface area contributed by atoms with Crippen molar-refractivity contribution < 1.29 is 9.90 Å². The molecule has 0 radical (unpaired) electrons. The van der Waals surface area contributed by atoms with Crippen molar-refractivity contribution in [3.05, 3.63) is 40.4 Å². The second-order valence-corrected chi connectivity index (χ2v) is 7.43. The lowest BCUT2D eigenvalue weighted by Gasteiger charge is -2.29. The number of carbonyl (C=O) groups is 1. The first-order valence-electron chi connectivity index (χ1n) is 7.25. The Kier molecular flexibility index (Phi) is 3.81. The van der Waals surface area contributed by atoms with Gasteiger partial charge in [-0.3, -0.25) is 4.79 Å². The van der Waals surface area contributed by atoms with Crippen molar-refractivity contribution in [1.29, 1.82) is 0 Å². The summed E-state index contributed by atoms with van der Waals surface area (Å²) in [5.41, 5.74) is 10.5. The first-order valence-corrected chi connectivity index (χ1v) is 8.07. The molecule has 0 unspecified atom stereocenters. The number of hydrogen-bond donors (Lipinski definition) is 3. The van der Waals surface area contributed by atoms with Crippen LogP contribution in [0, 0.1) is 5.41 Å². The van der Waals surface area contributed by atoms with Crippen LogP contribution in [0.25, 0.3) is 0 Å². The Morgan fingerprint density at radius 3 is 2.96 bits per heavy atom. The molecule has 0 saturated heterocycles. The lowest BCUT2D eigenvalue weighted by Crippen LogP contribution is -2.29. The minimum atomic E-state index is -0.365. The van der Waals surface area contributed by atoms with Crippen LogP contribution >= 0.6 is 11.3 Å². The molecule has 1 aromatic carbocycles. The number of amides is 1. The average molecular weight is 330 g/mol. The van der Waals surface area contributed by atoms with Crippen LogP contribution in [0.5, 0.6) is 5.75 Å². The summed E-state index contributed by atoms with van der Waals surface area (Å²) in [5, 5.41) is 14.2. The largest absolute Gasteiger partial charge is 0.508 e. The van der Waals surface area contributed by atoms with Crippen molar-refractivity contribution in [2.24, 2.45) is 10.5 Å². The van der Waals surface area contributed by atoms with Gasteiger partial charge in [0.1, 0.15) is 5.75 Å². The second kappa shape index (κ2) is 5.66. The summed E-state index contributed by atoms with van der Waals surface area (Å²) < 4.78 is 0. The number of nitrogen functional groups attached to an aromatic ring is 1. The average Bonchev–Trinajstić information content (AvgIpc) is 2.83. The van der Waals surface area contributed by atoms with Gasteiger partial charge >= 0.3 is 0 Å². The van der Waals surface area contributed by atoms with Gasteiger partial charge in [-0.1, -0.05) is 31.3 Å². The Hall–Kier alpha value is -2.41. The SMILES string of the molecule is CC1(C)C/C(=N/NC(=O)c2cccc(O)c2)c2sc(N)nc2C1. The smallest absolute Gasteiger partial charge is 0.271 e. The quantitative estimate of drug-likeness (QED) is 0.737. The zero-order chi connectivity index (χ0) is 16.6. The first kappa shape index (κ1) is 15.5. The van der Waals surface area contributed by atoms with Gasteiger partial charge in [-0.25, -0.2) is 10.4 Å². The molecule has 0 fully saturated rings. The summed E-state index contributed by atoms with van der Waals surface area (Å²) in [6.07, 6.45) is 1.58. The van der Waals surface area contributed by atoms with Crippen LogP contribution in [0.2, 0.25) is 0 Å². The summed E-state index contributed by atoms with van der Waals surface area (Å²) in [5.74, 6) is -0.322. The molecule has 4 N–H and O–H groups in total. The molecule has 0 spiro atoms. The molecule has 1 heterocycles. The molecule has 0 bridgehead atoms. The van der Waals surface area contributed by atoms with E-state index in [0.29, 0.717) is 10.7 Å². The van der Waals surface area contributed by atoms with Crippen molar-refractivity contribution in [2.45, 2.75) is 26.7 Å². The molecule has 2 aromatic rings. The lowest BCUT2D eigenvalue weighted by molar-refractivity contribution is 0.0954. The van der Waals surface area contributed by atoms with E-state index in [1.54, 1.807) is 12.1 Å². The number of nitrogens with two attached hydrogens (primary N) is 1. The van der Waals surface area contributed by atoms with Gasteiger partial charge in [0.05, 0.1) is 16.3 Å². The van der Waals surface area contributed by atoms with E-state index in [4.69, 9.17) is 5.73 Å². The summed E-state index contributed by atoms with van der Waals surface area (Å²) in [6, 6.07) is 6.15. The van der Waals surface area contributed by atoms with Crippen LogP contribution in [0.3, 0.4) is 0 Å². The highest BCUT2D eigenvalue weighted by Gasteiger charge is 2.32. The van der Waals surface area contributed by atoms with Crippen molar-refractivity contribution >= 4 is 28.1 Å². The number of fused-ring (bicyclic) bond motifs is 1. The molecule has 0 aliphatic heterocycles. The number of aromatic nitrogens is 1. The number of phenolic OH excluding ortho intramolecular Hbond substituents is 1. The number of hydrogen-bond acceptors (Lipinski definition) is 6. The highest BCUT2D eigenvalue weighted by molar-refractivity contribution is 7.17. The van der Waals surface area contributed by atoms with Gasteiger partial charge in [0.25, 0.3) is 5.91 Å². The van der Waals surface area contributed by atoms with Crippen LogP contribution in [-0.4, -0.2) is 21.7 Å². The van der Waals surface area contributed by atoms with Gasteiger partial charge in [-0.2, -0.15) is 5.10 Å². The molecule has 3 rings (SSSR count). The fourth-order valence-corrected chi connectivity index (χ4v) is 3.52. The summed E-state index contributed by atoms with van der Waals surface area (Å²) >= 11 is 1.39. The number of phenols is 1. The molecule has 1 aliphatic carbocycles. The number of thiazole rings is 1. The third-order valence-electron chi connectivity index (χ3n) is 3.67. The zero-order valence-electron chi connectivity index (χ0n) is 13.0. The van der Waals surface area contributed by atoms with Crippen molar-refractivity contribution in [3.63, 3.8) is 0 Å². The van der Waals surface area contributed by atoms with E-state index in [0.717, 1.165) is 29.1 Å². The number of benzene rings is 1. The van der Waals surface area contributed by atoms with Gasteiger partial charge in [0.2, 0.25) is 0 Å². The maximum Gasteiger partial charge on any atom is 0.271 e. The van der Waals surface area contributed by atoms with Gasteiger partial charge in [0.15, 0.2) is 5.13 Å². The number of carbonyl (C=O) groups excluding carboxylic acids is 1. The van der Waals surface area contributed by atoms with Crippen LogP contribution in [0.1, 0.15) is 41.2 Å². The number of rotatable bonds is 2. The molecule has 6 nitrogen and oxygen atoms in total. The van der Waals surface area contributed by atoms with Gasteiger partial charge in [-0.15, -0.1) is 0 Å². The molecule has 0 atom stereocenters. The molecule has 7 heteroatoms. The van der Waals surface area contributed by atoms with Gasteiger partial charge < -0.3 is 10.8 Å². The number of aromatic hydroxyl groups is 1. The monoisotopic (exact) mass is 330 g/mol. The van der Waals surface area contributed by atoms with Gasteiger partial charge in [0, 0.05) is 5.56 Å². The van der Waals surface area contributed by atoms with E-state index in [1.165, 1.54) is 23.5 Å². The highest BCUT2D eigenvalue weighted by Crippen LogP contribution is 2.37. The van der Waals surface area contributed by atoms with E-state index >= 15 is 0 Å². The predicted molar refractivity (Wildman–Crippen MR) is 90.7 cm³/mol. The van der Waals surface area contributed by atoms with E-state index in [2.05, 4.69) is 29.4 Å². The van der Waals surface area contributed by atoms with Crippen molar-refractivity contribution in [2.75, 3.05) is 5.73 Å². The zero-order valence-corrected chi connectivity index (χ0v) is 13.8. The Bertz CT molecular complexity index is 795. The van der Waals surface area contributed by atoms with E-state index in [-0.39, 0.29) is 17.1 Å². The number of hydrazone groups is 1. The van der Waals surface area contributed by atoms with E-state index in [9.17, 15) is 9.90 Å². The normalized spacial score (nSPS) is 17.7. The molecule has 23 heavy (non-hydrogen) atoms. The molecular weight excluding hydrogens is 312 g/mol. The lowest BCUT2D eigenvalue weighted by atomic mass is 9.78. The number of anilines is 1. The van der Waals surface area contributed by atoms with E-state index < -0.39 is 0 Å². The molecule has 1 aromatic heterocycles. The van der Waals surface area contributed by atoms with Crippen molar-refractivity contribution in [3.8, 4) is 5.75 Å². The molecule has 1 aliphatic rings. The fraction of sp³-hybridized carbons (Fsp3) is 0.312. The standard InChI is InChI=1S/C16H18N4O2S/c1-16(2)7-11-13(23-15(17)18-11)12(8-16)19-20-14(22)9-4-3-5-10(21)6-9/h3-6,21H,7-8H2,1-2H3,(H2,17,18)(H,20,22)/b19-12-. The van der Waals surface area contributed by atoms with E-state index in [1.807, 2.05) is 0 Å². The topological polar surface area (TPSA) is 101 Å². The van der Waals surface area contributed by atoms with Crippen LogP contribution < -0.4 is 11.2 Å². The maximum atomic E-state index is 12.2. The minimum absolute atomic E-state index is 0.0160. The number of nitrogens with zero attached hydrogens (tertiary/aromatic N) is 2. The van der Waals surface area contributed by atoms with Crippen LogP contribution in [-0.2, 0) is 6.42 Å². The predicted octanol–water partition coefficient (Wildman–Crippen LogP) is 2.54. The molecule has 1 amide bonds. The summed E-state index contributed by atoms with van der Waals surface area (Å²) in [7, 11) is 0. The summed E-state index contributed by atoms with van der Waals surface area (Å²) in [4.78, 5) is 17.5. The van der Waals surface area contributed by atoms with Crippen LogP contribution in [0.4, 0.5) is 5.13 Å². The Balaban J connectivity index is 1.86. The summed E-state index contributed by atoms with van der Waals surface area (Å²) in [6.45, 7) is 4.27. The first-order chi connectivity index (χ1) is 10.8. The Morgan fingerprint density at radius 1 is 1.43 bits per heavy atom. The minimum Gasteiger partial charge on any atom is -0.508 e. The molecule has 120 valence electrons. The third-order valence-corrected chi connectivity index (χ3v) is 4.64. The third kappa shape index (κ3) is 3.34.